The molecule has 3 nitrogen and oxygen atoms in total. The zero-order valence-corrected chi connectivity index (χ0v) is 9.01. The van der Waals surface area contributed by atoms with Gasteiger partial charge in [-0.05, 0) is 27.2 Å². The molecule has 0 aliphatic carbocycles. The lowest BCUT2D eigenvalue weighted by atomic mass is 10.3. The fraction of sp³-hybridized carbons (Fsp3) is 0.900. The molecule has 0 heterocycles. The summed E-state index contributed by atoms with van der Waals surface area (Å²) in [5, 5.41) is 0. The van der Waals surface area contributed by atoms with E-state index < -0.39 is 0 Å². The highest BCUT2D eigenvalue weighted by Gasteiger charge is 2.07. The molecule has 0 spiro atoms. The van der Waals surface area contributed by atoms with Crippen molar-refractivity contribution < 1.29 is 9.53 Å². The van der Waals surface area contributed by atoms with Crippen LogP contribution in [0.3, 0.4) is 0 Å². The molecule has 0 aliphatic rings. The summed E-state index contributed by atoms with van der Waals surface area (Å²) in [6.07, 6.45) is 1.45. The molecule has 0 atom stereocenters. The number of ether oxygens (including phenoxy) is 1. The quantitative estimate of drug-likeness (QED) is 0.567. The third-order valence-corrected chi connectivity index (χ3v) is 2.00. The first-order chi connectivity index (χ1) is 6.26. The van der Waals surface area contributed by atoms with E-state index in [0.29, 0.717) is 13.0 Å². The van der Waals surface area contributed by atoms with Crippen molar-refractivity contribution in [2.24, 2.45) is 0 Å². The molecule has 0 fully saturated rings. The van der Waals surface area contributed by atoms with Gasteiger partial charge in [0.2, 0.25) is 5.91 Å². The van der Waals surface area contributed by atoms with Gasteiger partial charge in [-0.15, -0.1) is 0 Å². The van der Waals surface area contributed by atoms with Crippen molar-refractivity contribution in [3.63, 3.8) is 0 Å². The van der Waals surface area contributed by atoms with Gasteiger partial charge in [-0.1, -0.05) is 0 Å². The molecular formula is C10H21NO2. The monoisotopic (exact) mass is 187 g/mol. The smallest absolute Gasteiger partial charge is 0.222 e. The second kappa shape index (κ2) is 8.05. The van der Waals surface area contributed by atoms with Gasteiger partial charge in [-0.25, -0.2) is 0 Å². The van der Waals surface area contributed by atoms with E-state index in [9.17, 15) is 4.79 Å². The number of amides is 1. The average Bonchev–Trinajstić information content (AvgIpc) is 2.14. The van der Waals surface area contributed by atoms with E-state index >= 15 is 0 Å². The highest BCUT2D eigenvalue weighted by atomic mass is 16.5. The molecule has 3 heteroatoms. The molecule has 0 N–H and O–H groups in total. The Hall–Kier alpha value is -0.570. The van der Waals surface area contributed by atoms with Gasteiger partial charge in [0.15, 0.2) is 0 Å². The molecule has 0 bridgehead atoms. The summed E-state index contributed by atoms with van der Waals surface area (Å²) in [5.41, 5.74) is 0. The number of hydrogen-bond acceptors (Lipinski definition) is 2. The maximum absolute atomic E-state index is 11.4. The van der Waals surface area contributed by atoms with E-state index in [1.54, 1.807) is 0 Å². The lowest BCUT2D eigenvalue weighted by molar-refractivity contribution is -0.131. The second-order valence-corrected chi connectivity index (χ2v) is 2.87. The maximum Gasteiger partial charge on any atom is 0.222 e. The highest BCUT2D eigenvalue weighted by Crippen LogP contribution is 1.97. The number of nitrogens with zero attached hydrogens (tertiary/aromatic N) is 1. The molecule has 0 aromatic rings. The summed E-state index contributed by atoms with van der Waals surface area (Å²) in [7, 11) is 0. The molecule has 0 aromatic heterocycles. The van der Waals surface area contributed by atoms with Crippen molar-refractivity contribution in [1.82, 2.24) is 4.90 Å². The minimum absolute atomic E-state index is 0.240. The molecular weight excluding hydrogens is 166 g/mol. The first-order valence-electron chi connectivity index (χ1n) is 5.11. The normalized spacial score (nSPS) is 10.1. The van der Waals surface area contributed by atoms with E-state index in [0.717, 1.165) is 26.1 Å². The van der Waals surface area contributed by atoms with Crippen molar-refractivity contribution >= 4 is 5.91 Å². The Morgan fingerprint density at radius 2 is 1.85 bits per heavy atom. The number of rotatable bonds is 7. The maximum atomic E-state index is 11.4. The second-order valence-electron chi connectivity index (χ2n) is 2.87. The van der Waals surface area contributed by atoms with Crippen LogP contribution in [-0.4, -0.2) is 37.1 Å². The first-order valence-corrected chi connectivity index (χ1v) is 5.11. The minimum atomic E-state index is 0.240. The van der Waals surface area contributed by atoms with Crippen LogP contribution in [0.25, 0.3) is 0 Å². The Morgan fingerprint density at radius 1 is 1.23 bits per heavy atom. The summed E-state index contributed by atoms with van der Waals surface area (Å²) in [4.78, 5) is 13.3. The fourth-order valence-electron chi connectivity index (χ4n) is 1.20. The molecule has 0 saturated carbocycles. The summed E-state index contributed by atoms with van der Waals surface area (Å²) >= 11 is 0. The fourth-order valence-corrected chi connectivity index (χ4v) is 1.20. The molecule has 0 saturated heterocycles. The van der Waals surface area contributed by atoms with Crippen LogP contribution in [0.4, 0.5) is 0 Å². The van der Waals surface area contributed by atoms with Gasteiger partial charge in [0.1, 0.15) is 0 Å². The SMILES string of the molecule is CCOCCCC(=O)N(CC)CC. The number of carbonyl (C=O) groups is 1. The molecule has 78 valence electrons. The predicted octanol–water partition coefficient (Wildman–Crippen LogP) is 1.67. The third-order valence-electron chi connectivity index (χ3n) is 2.00. The van der Waals surface area contributed by atoms with E-state index in [-0.39, 0.29) is 5.91 Å². The average molecular weight is 187 g/mol. The van der Waals surface area contributed by atoms with Gasteiger partial charge in [0, 0.05) is 32.7 Å². The van der Waals surface area contributed by atoms with Crippen LogP contribution in [0, 0.1) is 0 Å². The summed E-state index contributed by atoms with van der Waals surface area (Å²) in [5.74, 6) is 0.240. The topological polar surface area (TPSA) is 29.5 Å². The molecule has 0 unspecified atom stereocenters. The lowest BCUT2D eigenvalue weighted by Crippen LogP contribution is -2.30. The van der Waals surface area contributed by atoms with Crippen LogP contribution in [0.2, 0.25) is 0 Å². The third kappa shape index (κ3) is 5.64. The standard InChI is InChI=1S/C10H21NO2/c1-4-11(5-2)10(12)8-7-9-13-6-3/h4-9H2,1-3H3. The molecule has 0 aromatic carbocycles. The molecule has 1 amide bonds. The molecule has 13 heavy (non-hydrogen) atoms. The van der Waals surface area contributed by atoms with Crippen molar-refractivity contribution in [2.45, 2.75) is 33.6 Å². The van der Waals surface area contributed by atoms with Gasteiger partial charge < -0.3 is 9.64 Å². The summed E-state index contributed by atoms with van der Waals surface area (Å²) in [6.45, 7) is 9.02. The highest BCUT2D eigenvalue weighted by molar-refractivity contribution is 5.76. The van der Waals surface area contributed by atoms with Crippen LogP contribution in [0.5, 0.6) is 0 Å². The van der Waals surface area contributed by atoms with E-state index in [1.165, 1.54) is 0 Å². The van der Waals surface area contributed by atoms with Crippen LogP contribution in [0.15, 0.2) is 0 Å². The first kappa shape index (κ1) is 12.4. The van der Waals surface area contributed by atoms with E-state index in [1.807, 2.05) is 25.7 Å². The van der Waals surface area contributed by atoms with Gasteiger partial charge in [-0.3, -0.25) is 4.79 Å². The van der Waals surface area contributed by atoms with E-state index in [2.05, 4.69) is 0 Å². The Morgan fingerprint density at radius 3 is 2.31 bits per heavy atom. The van der Waals surface area contributed by atoms with Gasteiger partial charge in [-0.2, -0.15) is 0 Å². The minimum Gasteiger partial charge on any atom is -0.382 e. The van der Waals surface area contributed by atoms with Gasteiger partial charge >= 0.3 is 0 Å². The number of carbonyl (C=O) groups excluding carboxylic acids is 1. The summed E-state index contributed by atoms with van der Waals surface area (Å²) in [6, 6.07) is 0. The van der Waals surface area contributed by atoms with Gasteiger partial charge in [0.25, 0.3) is 0 Å². The molecule has 0 radical (unpaired) electrons. The van der Waals surface area contributed by atoms with Crippen molar-refractivity contribution in [3.8, 4) is 0 Å². The van der Waals surface area contributed by atoms with Crippen LogP contribution in [-0.2, 0) is 9.53 Å². The Balaban J connectivity index is 3.48. The predicted molar refractivity (Wildman–Crippen MR) is 53.7 cm³/mol. The van der Waals surface area contributed by atoms with Crippen LogP contribution < -0.4 is 0 Å². The summed E-state index contributed by atoms with van der Waals surface area (Å²) < 4.78 is 5.16. The Kier molecular flexibility index (Phi) is 7.69. The largest absolute Gasteiger partial charge is 0.382 e. The Bertz CT molecular complexity index is 133. The zero-order chi connectivity index (χ0) is 10.1. The van der Waals surface area contributed by atoms with Crippen molar-refractivity contribution in [3.05, 3.63) is 0 Å². The molecule has 0 rings (SSSR count). The van der Waals surface area contributed by atoms with E-state index in [4.69, 9.17) is 4.74 Å². The van der Waals surface area contributed by atoms with Crippen LogP contribution >= 0.6 is 0 Å². The van der Waals surface area contributed by atoms with Crippen molar-refractivity contribution in [2.75, 3.05) is 26.3 Å². The molecule has 0 aliphatic heterocycles. The van der Waals surface area contributed by atoms with Gasteiger partial charge in [0.05, 0.1) is 0 Å². The van der Waals surface area contributed by atoms with Crippen molar-refractivity contribution in [1.29, 1.82) is 0 Å². The lowest BCUT2D eigenvalue weighted by Gasteiger charge is -2.18. The Labute approximate surface area is 81.1 Å². The van der Waals surface area contributed by atoms with Crippen LogP contribution in [0.1, 0.15) is 33.6 Å². The zero-order valence-electron chi connectivity index (χ0n) is 9.01. The number of hydrogen-bond donors (Lipinski definition) is 0.